The van der Waals surface area contributed by atoms with E-state index in [1.807, 2.05) is 53.6 Å². The molecule has 0 fully saturated rings. The van der Waals surface area contributed by atoms with Gasteiger partial charge in [0.2, 0.25) is 0 Å². The van der Waals surface area contributed by atoms with Gasteiger partial charge in [0.25, 0.3) is 0 Å². The molecule has 0 bridgehead atoms. The quantitative estimate of drug-likeness (QED) is 0.714. The van der Waals surface area contributed by atoms with Crippen LogP contribution in [0.15, 0.2) is 61.1 Å². The SMILES string of the molecule is c1ccc(-c2cnnn2CCc2ccncc2)cc1. The van der Waals surface area contributed by atoms with E-state index in [9.17, 15) is 0 Å². The van der Waals surface area contributed by atoms with Crippen LogP contribution >= 0.6 is 0 Å². The van der Waals surface area contributed by atoms with Crippen molar-refractivity contribution in [3.8, 4) is 11.3 Å². The Morgan fingerprint density at radius 2 is 1.74 bits per heavy atom. The number of benzene rings is 1. The lowest BCUT2D eigenvalue weighted by molar-refractivity contribution is 0.594. The highest BCUT2D eigenvalue weighted by molar-refractivity contribution is 5.57. The van der Waals surface area contributed by atoms with Crippen LogP contribution in [0.4, 0.5) is 0 Å². The van der Waals surface area contributed by atoms with Crippen LogP contribution in [0, 0.1) is 0 Å². The minimum absolute atomic E-state index is 0.814. The van der Waals surface area contributed by atoms with E-state index in [0.29, 0.717) is 0 Å². The normalized spacial score (nSPS) is 10.5. The molecule has 1 aromatic carbocycles. The third-order valence-electron chi connectivity index (χ3n) is 3.05. The number of hydrogen-bond acceptors (Lipinski definition) is 3. The second-order valence-corrected chi connectivity index (χ2v) is 4.31. The fraction of sp³-hybridized carbons (Fsp3) is 0.133. The number of rotatable bonds is 4. The minimum Gasteiger partial charge on any atom is -0.265 e. The van der Waals surface area contributed by atoms with Crippen LogP contribution in [0.1, 0.15) is 5.56 Å². The zero-order chi connectivity index (χ0) is 12.9. The third kappa shape index (κ3) is 2.68. The molecule has 4 heteroatoms. The Hall–Kier alpha value is -2.49. The molecule has 3 aromatic rings. The molecule has 0 radical (unpaired) electrons. The maximum atomic E-state index is 4.16. The largest absolute Gasteiger partial charge is 0.265 e. The second-order valence-electron chi connectivity index (χ2n) is 4.31. The number of hydrogen-bond donors (Lipinski definition) is 0. The van der Waals surface area contributed by atoms with Crippen molar-refractivity contribution in [2.45, 2.75) is 13.0 Å². The molecule has 0 aliphatic rings. The van der Waals surface area contributed by atoms with Crippen LogP contribution in [0.2, 0.25) is 0 Å². The predicted octanol–water partition coefficient (Wildman–Crippen LogP) is 2.58. The minimum atomic E-state index is 0.814. The molecular weight excluding hydrogens is 236 g/mol. The molecule has 3 rings (SSSR count). The van der Waals surface area contributed by atoms with E-state index in [4.69, 9.17) is 0 Å². The lowest BCUT2D eigenvalue weighted by Gasteiger charge is -2.06. The van der Waals surface area contributed by atoms with Crippen molar-refractivity contribution in [2.24, 2.45) is 0 Å². The number of pyridine rings is 1. The topological polar surface area (TPSA) is 43.6 Å². The van der Waals surface area contributed by atoms with Crippen molar-refractivity contribution in [1.29, 1.82) is 0 Å². The van der Waals surface area contributed by atoms with E-state index in [1.54, 1.807) is 0 Å². The molecule has 0 atom stereocenters. The molecule has 2 heterocycles. The van der Waals surface area contributed by atoms with Crippen molar-refractivity contribution < 1.29 is 0 Å². The van der Waals surface area contributed by atoms with Gasteiger partial charge in [-0.2, -0.15) is 0 Å². The Morgan fingerprint density at radius 3 is 2.53 bits per heavy atom. The van der Waals surface area contributed by atoms with Gasteiger partial charge in [-0.3, -0.25) is 4.98 Å². The standard InChI is InChI=1S/C15H14N4/c1-2-4-14(5-3-1)15-12-17-18-19(15)11-8-13-6-9-16-10-7-13/h1-7,9-10,12H,8,11H2. The highest BCUT2D eigenvalue weighted by Crippen LogP contribution is 2.17. The van der Waals surface area contributed by atoms with Gasteiger partial charge in [0.05, 0.1) is 11.9 Å². The smallest absolute Gasteiger partial charge is 0.0885 e. The molecule has 0 aliphatic carbocycles. The Kier molecular flexibility index (Phi) is 3.32. The first-order valence-electron chi connectivity index (χ1n) is 6.26. The van der Waals surface area contributed by atoms with Crippen molar-refractivity contribution >= 4 is 0 Å². The first kappa shape index (κ1) is 11.6. The van der Waals surface area contributed by atoms with Gasteiger partial charge in [0, 0.05) is 24.5 Å². The summed E-state index contributed by atoms with van der Waals surface area (Å²) in [6.07, 6.45) is 6.36. The number of aryl methyl sites for hydroxylation is 2. The predicted molar refractivity (Wildman–Crippen MR) is 73.4 cm³/mol. The molecule has 0 saturated carbocycles. The van der Waals surface area contributed by atoms with Gasteiger partial charge in [-0.1, -0.05) is 35.5 Å². The first-order valence-corrected chi connectivity index (χ1v) is 6.26. The summed E-state index contributed by atoms with van der Waals surface area (Å²) < 4.78 is 1.94. The third-order valence-corrected chi connectivity index (χ3v) is 3.05. The summed E-state index contributed by atoms with van der Waals surface area (Å²) in [4.78, 5) is 4.02. The van der Waals surface area contributed by atoms with Crippen LogP contribution in [0.5, 0.6) is 0 Å². The van der Waals surface area contributed by atoms with Crippen molar-refractivity contribution in [2.75, 3.05) is 0 Å². The summed E-state index contributed by atoms with van der Waals surface area (Å²) in [6, 6.07) is 14.3. The average Bonchev–Trinajstić information content (AvgIpc) is 2.95. The van der Waals surface area contributed by atoms with Gasteiger partial charge in [0.15, 0.2) is 0 Å². The Bertz CT molecular complexity index is 632. The van der Waals surface area contributed by atoms with Gasteiger partial charge >= 0.3 is 0 Å². The summed E-state index contributed by atoms with van der Waals surface area (Å²) in [5.41, 5.74) is 3.45. The molecule has 4 nitrogen and oxygen atoms in total. The maximum absolute atomic E-state index is 4.16. The molecular formula is C15H14N4. The Balaban J connectivity index is 1.78. The average molecular weight is 250 g/mol. The van der Waals surface area contributed by atoms with E-state index in [0.717, 1.165) is 24.2 Å². The molecule has 0 spiro atoms. The van der Waals surface area contributed by atoms with E-state index in [1.165, 1.54) is 5.56 Å². The lowest BCUT2D eigenvalue weighted by atomic mass is 10.1. The monoisotopic (exact) mass is 250 g/mol. The molecule has 0 aliphatic heterocycles. The van der Waals surface area contributed by atoms with Crippen LogP contribution in [-0.2, 0) is 13.0 Å². The van der Waals surface area contributed by atoms with Crippen LogP contribution in [0.25, 0.3) is 11.3 Å². The van der Waals surface area contributed by atoms with Gasteiger partial charge in [-0.05, 0) is 24.1 Å². The van der Waals surface area contributed by atoms with Crippen molar-refractivity contribution in [3.05, 3.63) is 66.6 Å². The highest BCUT2D eigenvalue weighted by Gasteiger charge is 2.05. The van der Waals surface area contributed by atoms with Gasteiger partial charge < -0.3 is 0 Å². The van der Waals surface area contributed by atoms with Crippen molar-refractivity contribution in [1.82, 2.24) is 20.0 Å². The van der Waals surface area contributed by atoms with Crippen LogP contribution < -0.4 is 0 Å². The molecule has 0 unspecified atom stereocenters. The van der Waals surface area contributed by atoms with Crippen LogP contribution in [0.3, 0.4) is 0 Å². The summed E-state index contributed by atoms with van der Waals surface area (Å²) >= 11 is 0. The lowest BCUT2D eigenvalue weighted by Crippen LogP contribution is -2.05. The van der Waals surface area contributed by atoms with E-state index >= 15 is 0 Å². The number of nitrogens with zero attached hydrogens (tertiary/aromatic N) is 4. The zero-order valence-corrected chi connectivity index (χ0v) is 10.5. The fourth-order valence-electron chi connectivity index (χ4n) is 2.04. The molecule has 2 aromatic heterocycles. The molecule has 19 heavy (non-hydrogen) atoms. The summed E-state index contributed by atoms with van der Waals surface area (Å²) in [6.45, 7) is 0.814. The molecule has 94 valence electrons. The molecule has 0 saturated heterocycles. The first-order chi connectivity index (χ1) is 9.43. The number of aromatic nitrogens is 4. The summed E-state index contributed by atoms with van der Waals surface area (Å²) in [7, 11) is 0. The van der Waals surface area contributed by atoms with Gasteiger partial charge in [0.1, 0.15) is 0 Å². The summed E-state index contributed by atoms with van der Waals surface area (Å²) in [5, 5.41) is 8.17. The van der Waals surface area contributed by atoms with E-state index < -0.39 is 0 Å². The molecule has 0 amide bonds. The van der Waals surface area contributed by atoms with Crippen LogP contribution in [-0.4, -0.2) is 20.0 Å². The Morgan fingerprint density at radius 1 is 0.947 bits per heavy atom. The van der Waals surface area contributed by atoms with Crippen molar-refractivity contribution in [3.63, 3.8) is 0 Å². The van der Waals surface area contributed by atoms with Gasteiger partial charge in [-0.15, -0.1) is 5.10 Å². The van der Waals surface area contributed by atoms with E-state index in [-0.39, 0.29) is 0 Å². The zero-order valence-electron chi connectivity index (χ0n) is 10.5. The van der Waals surface area contributed by atoms with E-state index in [2.05, 4.69) is 27.4 Å². The second kappa shape index (κ2) is 5.44. The Labute approximate surface area is 111 Å². The highest BCUT2D eigenvalue weighted by atomic mass is 15.4. The fourth-order valence-corrected chi connectivity index (χ4v) is 2.04. The maximum Gasteiger partial charge on any atom is 0.0885 e. The van der Waals surface area contributed by atoms with Gasteiger partial charge in [-0.25, -0.2) is 4.68 Å². The molecule has 0 N–H and O–H groups in total. The summed E-state index contributed by atoms with van der Waals surface area (Å²) in [5.74, 6) is 0.